The van der Waals surface area contributed by atoms with Crippen molar-refractivity contribution in [3.05, 3.63) is 0 Å². The molecule has 1 heteroatoms. The predicted octanol–water partition coefficient (Wildman–Crippen LogP) is 3.96. The minimum atomic E-state index is 0.956. The quantitative estimate of drug-likeness (QED) is 0.542. The fourth-order valence-corrected chi connectivity index (χ4v) is 2.56. The highest BCUT2D eigenvalue weighted by Crippen LogP contribution is 2.46. The summed E-state index contributed by atoms with van der Waals surface area (Å²) < 4.78 is 0. The zero-order chi connectivity index (χ0) is 9.14. The Kier molecular flexibility index (Phi) is 3.67. The molecular weight excluding hydrogens is 143 g/mol. The molecule has 1 saturated heterocycles. The van der Waals surface area contributed by atoms with Crippen LogP contribution in [0.25, 0.3) is 0 Å². The molecule has 0 aromatic carbocycles. The van der Waals surface area contributed by atoms with Gasteiger partial charge >= 0.3 is 0 Å². The van der Waals surface area contributed by atoms with Crippen molar-refractivity contribution in [3.63, 3.8) is 0 Å². The van der Waals surface area contributed by atoms with Crippen LogP contribution in [0.1, 0.15) is 40.0 Å². The standard InChI is InChI=1S/C11H23B/c1-5-6-9(2)7-10(3)11-8-12(11)4/h9-11H,5-8H2,1-4H3. The molecule has 0 amide bonds. The Labute approximate surface area is 78.2 Å². The van der Waals surface area contributed by atoms with Gasteiger partial charge in [0.15, 0.2) is 0 Å². The first kappa shape index (κ1) is 10.1. The molecule has 0 bridgehead atoms. The van der Waals surface area contributed by atoms with Gasteiger partial charge in [-0.25, -0.2) is 0 Å². The van der Waals surface area contributed by atoms with E-state index in [1.165, 1.54) is 25.6 Å². The van der Waals surface area contributed by atoms with Crippen LogP contribution >= 0.6 is 0 Å². The van der Waals surface area contributed by atoms with Crippen molar-refractivity contribution >= 4 is 6.71 Å². The third kappa shape index (κ3) is 2.84. The predicted molar refractivity (Wildman–Crippen MR) is 58.0 cm³/mol. The average molecular weight is 166 g/mol. The molecule has 0 saturated carbocycles. The monoisotopic (exact) mass is 166 g/mol. The van der Waals surface area contributed by atoms with Crippen LogP contribution in [-0.2, 0) is 0 Å². The van der Waals surface area contributed by atoms with E-state index in [4.69, 9.17) is 0 Å². The first-order valence-corrected chi connectivity index (χ1v) is 5.65. The molecule has 0 radical (unpaired) electrons. The molecule has 1 heterocycles. The Morgan fingerprint density at radius 3 is 2.42 bits per heavy atom. The summed E-state index contributed by atoms with van der Waals surface area (Å²) >= 11 is 0. The van der Waals surface area contributed by atoms with E-state index in [1.54, 1.807) is 0 Å². The van der Waals surface area contributed by atoms with Crippen molar-refractivity contribution in [1.82, 2.24) is 0 Å². The van der Waals surface area contributed by atoms with Crippen LogP contribution in [0.15, 0.2) is 0 Å². The fraction of sp³-hybridized carbons (Fsp3) is 1.00. The molecule has 0 aromatic rings. The molecule has 0 spiro atoms. The Hall–Kier alpha value is 0.0649. The minimum Gasteiger partial charge on any atom is -0.0859 e. The van der Waals surface area contributed by atoms with Crippen LogP contribution in [0.3, 0.4) is 0 Å². The van der Waals surface area contributed by atoms with Crippen LogP contribution in [-0.4, -0.2) is 6.71 Å². The van der Waals surface area contributed by atoms with Crippen LogP contribution in [0.4, 0.5) is 0 Å². The van der Waals surface area contributed by atoms with Crippen molar-refractivity contribution in [2.45, 2.75) is 59.0 Å². The highest BCUT2D eigenvalue weighted by atomic mass is 14.2. The molecule has 3 unspecified atom stereocenters. The number of hydrogen-bond donors (Lipinski definition) is 0. The van der Waals surface area contributed by atoms with Crippen LogP contribution in [0, 0.1) is 11.8 Å². The second-order valence-corrected chi connectivity index (χ2v) is 4.98. The lowest BCUT2D eigenvalue weighted by atomic mass is 9.67. The van der Waals surface area contributed by atoms with Crippen LogP contribution in [0.2, 0.25) is 19.0 Å². The molecule has 0 aliphatic carbocycles. The smallest absolute Gasteiger partial charge is 0.0859 e. The molecule has 1 aliphatic rings. The second kappa shape index (κ2) is 4.34. The summed E-state index contributed by atoms with van der Waals surface area (Å²) in [5, 5.41) is 0. The van der Waals surface area contributed by atoms with Gasteiger partial charge in [-0.3, -0.25) is 0 Å². The highest BCUT2D eigenvalue weighted by molar-refractivity contribution is 6.70. The number of hydrogen-bond acceptors (Lipinski definition) is 0. The third-order valence-electron chi connectivity index (χ3n) is 3.46. The zero-order valence-electron chi connectivity index (χ0n) is 9.14. The van der Waals surface area contributed by atoms with Crippen LogP contribution in [0.5, 0.6) is 0 Å². The fourth-order valence-electron chi connectivity index (χ4n) is 2.56. The van der Waals surface area contributed by atoms with E-state index in [0.29, 0.717) is 0 Å². The van der Waals surface area contributed by atoms with E-state index >= 15 is 0 Å². The molecule has 0 aromatic heterocycles. The maximum Gasteiger partial charge on any atom is 0.139 e. The van der Waals surface area contributed by atoms with E-state index in [-0.39, 0.29) is 0 Å². The van der Waals surface area contributed by atoms with Gasteiger partial charge in [0.25, 0.3) is 0 Å². The summed E-state index contributed by atoms with van der Waals surface area (Å²) in [6, 6.07) is 0. The lowest BCUT2D eigenvalue weighted by molar-refractivity contribution is 0.395. The van der Waals surface area contributed by atoms with E-state index < -0.39 is 0 Å². The number of rotatable bonds is 5. The molecule has 1 fully saturated rings. The maximum atomic E-state index is 2.44. The molecule has 1 aliphatic heterocycles. The van der Waals surface area contributed by atoms with Gasteiger partial charge in [0.05, 0.1) is 0 Å². The first-order chi connectivity index (χ1) is 5.65. The molecular formula is C11H23B. The van der Waals surface area contributed by atoms with Gasteiger partial charge in [-0.05, 0) is 18.3 Å². The molecule has 0 N–H and O–H groups in total. The topological polar surface area (TPSA) is 0 Å². The Bertz CT molecular complexity index is 133. The molecule has 0 nitrogen and oxygen atoms in total. The Balaban J connectivity index is 2.12. The lowest BCUT2D eigenvalue weighted by Crippen LogP contribution is -2.04. The minimum absolute atomic E-state index is 0.956. The van der Waals surface area contributed by atoms with Crippen molar-refractivity contribution in [2.75, 3.05) is 0 Å². The molecule has 1 rings (SSSR count). The third-order valence-corrected chi connectivity index (χ3v) is 3.46. The Morgan fingerprint density at radius 1 is 1.42 bits per heavy atom. The highest BCUT2D eigenvalue weighted by Gasteiger charge is 2.39. The lowest BCUT2D eigenvalue weighted by Gasteiger charge is -2.16. The largest absolute Gasteiger partial charge is 0.139 e. The summed E-state index contributed by atoms with van der Waals surface area (Å²) in [5.74, 6) is 3.02. The normalized spacial score (nSPS) is 27.0. The summed E-state index contributed by atoms with van der Waals surface area (Å²) in [6.07, 6.45) is 5.74. The second-order valence-electron chi connectivity index (χ2n) is 4.98. The molecule has 12 heavy (non-hydrogen) atoms. The van der Waals surface area contributed by atoms with Crippen molar-refractivity contribution in [3.8, 4) is 0 Å². The van der Waals surface area contributed by atoms with Gasteiger partial charge in [0.1, 0.15) is 6.71 Å². The zero-order valence-corrected chi connectivity index (χ0v) is 9.14. The van der Waals surface area contributed by atoms with Gasteiger partial charge < -0.3 is 0 Å². The van der Waals surface area contributed by atoms with Gasteiger partial charge in [-0.2, -0.15) is 0 Å². The maximum absolute atomic E-state index is 2.44. The Morgan fingerprint density at radius 2 is 2.00 bits per heavy atom. The van der Waals surface area contributed by atoms with Gasteiger partial charge in [0.2, 0.25) is 0 Å². The van der Waals surface area contributed by atoms with Crippen molar-refractivity contribution in [2.24, 2.45) is 11.8 Å². The van der Waals surface area contributed by atoms with E-state index in [2.05, 4.69) is 27.6 Å². The average Bonchev–Trinajstić information content (AvgIpc) is 2.67. The van der Waals surface area contributed by atoms with Gasteiger partial charge in [-0.1, -0.05) is 52.6 Å². The van der Waals surface area contributed by atoms with E-state index in [9.17, 15) is 0 Å². The van der Waals surface area contributed by atoms with Crippen molar-refractivity contribution in [1.29, 1.82) is 0 Å². The summed E-state index contributed by atoms with van der Waals surface area (Å²) in [4.78, 5) is 0. The first-order valence-electron chi connectivity index (χ1n) is 5.65. The summed E-state index contributed by atoms with van der Waals surface area (Å²) in [5.41, 5.74) is 0. The summed E-state index contributed by atoms with van der Waals surface area (Å²) in [7, 11) is 0. The summed E-state index contributed by atoms with van der Waals surface area (Å²) in [6.45, 7) is 10.6. The molecule has 3 atom stereocenters. The van der Waals surface area contributed by atoms with E-state index in [1.807, 2.05) is 0 Å². The van der Waals surface area contributed by atoms with Crippen molar-refractivity contribution < 1.29 is 0 Å². The van der Waals surface area contributed by atoms with Crippen LogP contribution < -0.4 is 0 Å². The van der Waals surface area contributed by atoms with Gasteiger partial charge in [-0.15, -0.1) is 0 Å². The molecule has 70 valence electrons. The SMILES string of the molecule is CCCC(C)CC(C)C1CB1C. The van der Waals surface area contributed by atoms with Gasteiger partial charge in [0, 0.05) is 0 Å². The van der Waals surface area contributed by atoms with E-state index in [0.717, 1.165) is 24.4 Å².